The SMILES string of the molecule is CCC1c2ccsc2CCN1C(=O)CN1CCN(S(=O)(=O)c2ccc(F)cc2F)CC1. The number of thiophene rings is 1. The highest BCUT2D eigenvalue weighted by molar-refractivity contribution is 7.89. The summed E-state index contributed by atoms with van der Waals surface area (Å²) < 4.78 is 53.8. The summed E-state index contributed by atoms with van der Waals surface area (Å²) in [5.74, 6) is -1.87. The number of piperazine rings is 1. The molecule has 0 aliphatic carbocycles. The maximum atomic E-state index is 14.0. The van der Waals surface area contributed by atoms with Gasteiger partial charge >= 0.3 is 0 Å². The van der Waals surface area contributed by atoms with Crippen LogP contribution in [0.1, 0.15) is 29.8 Å². The Hall–Kier alpha value is -1.88. The quantitative estimate of drug-likeness (QED) is 0.676. The van der Waals surface area contributed by atoms with E-state index in [1.165, 1.54) is 14.7 Å². The number of hydrogen-bond acceptors (Lipinski definition) is 5. The lowest BCUT2D eigenvalue weighted by molar-refractivity contribution is -0.135. The van der Waals surface area contributed by atoms with Crippen LogP contribution in [0.15, 0.2) is 34.5 Å². The minimum Gasteiger partial charge on any atom is -0.334 e. The van der Waals surface area contributed by atoms with Crippen LogP contribution in [0.2, 0.25) is 0 Å². The molecule has 1 saturated heterocycles. The molecule has 2 aliphatic rings. The van der Waals surface area contributed by atoms with Crippen molar-refractivity contribution in [3.8, 4) is 0 Å². The Bertz CT molecular complexity index is 1070. The fraction of sp³-hybridized carbons (Fsp3) is 0.476. The maximum absolute atomic E-state index is 14.0. The fourth-order valence-electron chi connectivity index (χ4n) is 4.37. The van der Waals surface area contributed by atoms with E-state index in [2.05, 4.69) is 18.4 Å². The zero-order valence-corrected chi connectivity index (χ0v) is 18.9. The third kappa shape index (κ3) is 4.39. The molecule has 31 heavy (non-hydrogen) atoms. The summed E-state index contributed by atoms with van der Waals surface area (Å²) in [5, 5.41) is 2.07. The van der Waals surface area contributed by atoms with Crippen LogP contribution in [-0.2, 0) is 21.2 Å². The highest BCUT2D eigenvalue weighted by Crippen LogP contribution is 2.35. The minimum absolute atomic E-state index is 0.0459. The van der Waals surface area contributed by atoms with Gasteiger partial charge in [0.1, 0.15) is 16.5 Å². The van der Waals surface area contributed by atoms with Crippen LogP contribution in [-0.4, -0.2) is 67.7 Å². The summed E-state index contributed by atoms with van der Waals surface area (Å²) >= 11 is 1.74. The van der Waals surface area contributed by atoms with Gasteiger partial charge in [0.2, 0.25) is 15.9 Å². The van der Waals surface area contributed by atoms with Gasteiger partial charge in [0, 0.05) is 43.7 Å². The van der Waals surface area contributed by atoms with Crippen molar-refractivity contribution in [3.63, 3.8) is 0 Å². The van der Waals surface area contributed by atoms with E-state index in [1.807, 2.05) is 9.80 Å². The van der Waals surface area contributed by atoms with E-state index in [-0.39, 0.29) is 31.6 Å². The predicted molar refractivity (Wildman–Crippen MR) is 114 cm³/mol. The molecule has 10 heteroatoms. The van der Waals surface area contributed by atoms with Crippen molar-refractivity contribution in [1.82, 2.24) is 14.1 Å². The van der Waals surface area contributed by atoms with Gasteiger partial charge in [-0.2, -0.15) is 4.31 Å². The van der Waals surface area contributed by atoms with Crippen molar-refractivity contribution in [2.24, 2.45) is 0 Å². The molecule has 0 N–H and O–H groups in total. The second-order valence-electron chi connectivity index (χ2n) is 7.82. The number of carbonyl (C=O) groups is 1. The van der Waals surface area contributed by atoms with E-state index in [9.17, 15) is 22.0 Å². The second kappa shape index (κ2) is 8.93. The van der Waals surface area contributed by atoms with Crippen molar-refractivity contribution in [3.05, 3.63) is 51.7 Å². The molecule has 1 aromatic carbocycles. The van der Waals surface area contributed by atoms with Gasteiger partial charge in [-0.15, -0.1) is 11.3 Å². The number of benzene rings is 1. The zero-order valence-electron chi connectivity index (χ0n) is 17.3. The van der Waals surface area contributed by atoms with Crippen LogP contribution in [0.5, 0.6) is 0 Å². The first-order valence-electron chi connectivity index (χ1n) is 10.3. The average Bonchev–Trinajstić information content (AvgIpc) is 3.22. The number of amides is 1. The van der Waals surface area contributed by atoms with Crippen LogP contribution in [0.3, 0.4) is 0 Å². The van der Waals surface area contributed by atoms with Crippen LogP contribution in [0.4, 0.5) is 8.78 Å². The fourth-order valence-corrected chi connectivity index (χ4v) is 6.76. The Morgan fingerprint density at radius 3 is 2.55 bits per heavy atom. The molecule has 168 valence electrons. The van der Waals surface area contributed by atoms with Crippen LogP contribution in [0, 0.1) is 11.6 Å². The number of nitrogens with zero attached hydrogens (tertiary/aromatic N) is 3. The van der Waals surface area contributed by atoms with Gasteiger partial charge in [0.15, 0.2) is 0 Å². The summed E-state index contributed by atoms with van der Waals surface area (Å²) in [4.78, 5) is 17.7. The molecule has 1 atom stereocenters. The third-order valence-corrected chi connectivity index (χ3v) is 8.93. The molecule has 1 fully saturated rings. The molecule has 0 radical (unpaired) electrons. The maximum Gasteiger partial charge on any atom is 0.246 e. The summed E-state index contributed by atoms with van der Waals surface area (Å²) in [5.41, 5.74) is 1.24. The van der Waals surface area contributed by atoms with Gasteiger partial charge in [0.25, 0.3) is 0 Å². The van der Waals surface area contributed by atoms with E-state index in [1.54, 1.807) is 11.3 Å². The van der Waals surface area contributed by atoms with Crippen molar-refractivity contribution in [2.75, 3.05) is 39.3 Å². The molecule has 0 spiro atoms. The molecule has 2 aromatic rings. The summed E-state index contributed by atoms with van der Waals surface area (Å²) in [7, 11) is -4.05. The molecule has 0 bridgehead atoms. The monoisotopic (exact) mass is 469 g/mol. The number of sulfonamides is 1. The first kappa shape index (κ1) is 22.3. The molecular weight excluding hydrogens is 444 g/mol. The first-order valence-corrected chi connectivity index (χ1v) is 12.7. The largest absolute Gasteiger partial charge is 0.334 e. The molecule has 1 amide bonds. The average molecular weight is 470 g/mol. The van der Waals surface area contributed by atoms with E-state index in [0.29, 0.717) is 25.7 Å². The van der Waals surface area contributed by atoms with E-state index >= 15 is 0 Å². The summed E-state index contributed by atoms with van der Waals surface area (Å²) in [6, 6.07) is 4.66. The number of fused-ring (bicyclic) bond motifs is 1. The smallest absolute Gasteiger partial charge is 0.246 e. The Morgan fingerprint density at radius 2 is 1.87 bits per heavy atom. The number of hydrogen-bond donors (Lipinski definition) is 0. The standard InChI is InChI=1S/C21H25F2N3O3S2/c1-2-18-16-6-12-30-19(16)5-7-26(18)21(27)14-24-8-10-25(11-9-24)31(28,29)20-4-3-15(22)13-17(20)23/h3-4,6,12-13,18H,2,5,7-11,14H2,1H3. The lowest BCUT2D eigenvalue weighted by Crippen LogP contribution is -2.52. The molecule has 3 heterocycles. The van der Waals surface area contributed by atoms with Crippen LogP contribution in [0.25, 0.3) is 0 Å². The molecular formula is C21H25F2N3O3S2. The van der Waals surface area contributed by atoms with Gasteiger partial charge in [-0.25, -0.2) is 17.2 Å². The molecule has 2 aliphatic heterocycles. The van der Waals surface area contributed by atoms with Crippen LogP contribution < -0.4 is 0 Å². The lowest BCUT2D eigenvalue weighted by Gasteiger charge is -2.38. The normalized spacial score (nSPS) is 20.6. The number of halogens is 2. The van der Waals surface area contributed by atoms with E-state index < -0.39 is 26.6 Å². The van der Waals surface area contributed by atoms with E-state index in [4.69, 9.17) is 0 Å². The summed E-state index contributed by atoms with van der Waals surface area (Å²) in [6.45, 7) is 4.06. The van der Waals surface area contributed by atoms with Gasteiger partial charge in [-0.05, 0) is 42.0 Å². The van der Waals surface area contributed by atoms with Crippen molar-refractivity contribution < 1.29 is 22.0 Å². The Kier molecular flexibility index (Phi) is 6.43. The number of rotatable bonds is 5. The zero-order chi connectivity index (χ0) is 22.2. The molecule has 1 aromatic heterocycles. The van der Waals surface area contributed by atoms with Gasteiger partial charge in [-0.3, -0.25) is 9.69 Å². The lowest BCUT2D eigenvalue weighted by atomic mass is 9.97. The highest BCUT2D eigenvalue weighted by atomic mass is 32.2. The Labute approximate surface area is 185 Å². The van der Waals surface area contributed by atoms with Crippen molar-refractivity contribution in [2.45, 2.75) is 30.7 Å². The second-order valence-corrected chi connectivity index (χ2v) is 10.7. The molecule has 1 unspecified atom stereocenters. The van der Waals surface area contributed by atoms with Crippen molar-refractivity contribution >= 4 is 27.3 Å². The van der Waals surface area contributed by atoms with Crippen LogP contribution >= 0.6 is 11.3 Å². The van der Waals surface area contributed by atoms with Gasteiger partial charge < -0.3 is 4.90 Å². The molecule has 0 saturated carbocycles. The van der Waals surface area contributed by atoms with E-state index in [0.717, 1.165) is 25.0 Å². The topological polar surface area (TPSA) is 60.9 Å². The summed E-state index contributed by atoms with van der Waals surface area (Å²) in [6.07, 6.45) is 1.72. The van der Waals surface area contributed by atoms with Gasteiger partial charge in [0.05, 0.1) is 12.6 Å². The first-order chi connectivity index (χ1) is 14.8. The third-order valence-electron chi connectivity index (χ3n) is 6.00. The number of carbonyl (C=O) groups excluding carboxylic acids is 1. The molecule has 4 rings (SSSR count). The minimum atomic E-state index is -4.05. The Morgan fingerprint density at radius 1 is 1.13 bits per heavy atom. The Balaban J connectivity index is 1.37. The van der Waals surface area contributed by atoms with Crippen molar-refractivity contribution in [1.29, 1.82) is 0 Å². The molecule has 6 nitrogen and oxygen atoms in total. The van der Waals surface area contributed by atoms with Gasteiger partial charge in [-0.1, -0.05) is 6.92 Å². The predicted octanol–water partition coefficient (Wildman–Crippen LogP) is 2.87. The highest BCUT2D eigenvalue weighted by Gasteiger charge is 2.34.